The van der Waals surface area contributed by atoms with Crippen LogP contribution in [0, 0.1) is 5.82 Å². The van der Waals surface area contributed by atoms with E-state index in [9.17, 15) is 9.18 Å². The molecule has 1 fully saturated rings. The van der Waals surface area contributed by atoms with Gasteiger partial charge < -0.3 is 9.80 Å². The number of anilines is 1. The van der Waals surface area contributed by atoms with Crippen molar-refractivity contribution in [2.75, 3.05) is 31.1 Å². The van der Waals surface area contributed by atoms with Crippen molar-refractivity contribution in [2.45, 2.75) is 19.8 Å². The van der Waals surface area contributed by atoms with Crippen molar-refractivity contribution in [1.29, 1.82) is 0 Å². The van der Waals surface area contributed by atoms with Gasteiger partial charge in [0.15, 0.2) is 5.13 Å². The van der Waals surface area contributed by atoms with Gasteiger partial charge >= 0.3 is 0 Å². The monoisotopic (exact) mass is 383 g/mol. The van der Waals surface area contributed by atoms with E-state index in [2.05, 4.69) is 28.9 Å². The molecule has 4 nitrogen and oxygen atoms in total. The highest BCUT2D eigenvalue weighted by Gasteiger charge is 2.23. The number of rotatable bonds is 4. The van der Waals surface area contributed by atoms with Crippen LogP contribution >= 0.6 is 11.3 Å². The fourth-order valence-corrected chi connectivity index (χ4v) is 4.40. The number of piperazine rings is 1. The summed E-state index contributed by atoms with van der Waals surface area (Å²) in [6, 6.07) is 13.3. The number of halogens is 1. The number of hydrogen-bond donors (Lipinski definition) is 0. The van der Waals surface area contributed by atoms with E-state index in [-0.39, 0.29) is 11.7 Å². The van der Waals surface area contributed by atoms with Crippen LogP contribution < -0.4 is 4.90 Å². The molecular formula is C21H22FN3OS. The second-order valence-electron chi connectivity index (χ2n) is 6.80. The van der Waals surface area contributed by atoms with Crippen molar-refractivity contribution in [1.82, 2.24) is 9.88 Å². The minimum absolute atomic E-state index is 0.161. The first-order valence-corrected chi connectivity index (χ1v) is 10.1. The molecule has 0 N–H and O–H groups in total. The van der Waals surface area contributed by atoms with Gasteiger partial charge in [-0.05, 0) is 29.7 Å². The summed E-state index contributed by atoms with van der Waals surface area (Å²) in [6.45, 7) is 4.91. The van der Waals surface area contributed by atoms with Gasteiger partial charge in [-0.25, -0.2) is 9.37 Å². The second kappa shape index (κ2) is 7.64. The number of thiazole rings is 1. The smallest absolute Gasteiger partial charge is 0.227 e. The zero-order valence-electron chi connectivity index (χ0n) is 15.3. The zero-order valence-corrected chi connectivity index (χ0v) is 16.1. The molecule has 0 unspecified atom stereocenters. The topological polar surface area (TPSA) is 36.4 Å². The number of nitrogens with zero attached hydrogens (tertiary/aromatic N) is 3. The Morgan fingerprint density at radius 1 is 1.07 bits per heavy atom. The van der Waals surface area contributed by atoms with Crippen LogP contribution in [0.4, 0.5) is 9.52 Å². The summed E-state index contributed by atoms with van der Waals surface area (Å²) in [5.41, 5.74) is 2.78. The van der Waals surface area contributed by atoms with E-state index in [1.54, 1.807) is 6.07 Å². The first-order chi connectivity index (χ1) is 13.1. The number of aromatic nitrogens is 1. The van der Waals surface area contributed by atoms with Crippen LogP contribution in [-0.4, -0.2) is 42.0 Å². The zero-order chi connectivity index (χ0) is 18.8. The van der Waals surface area contributed by atoms with E-state index < -0.39 is 0 Å². The summed E-state index contributed by atoms with van der Waals surface area (Å²) in [5.74, 6) is -0.118. The Bertz CT molecular complexity index is 946. The van der Waals surface area contributed by atoms with Crippen molar-refractivity contribution >= 4 is 32.6 Å². The lowest BCUT2D eigenvalue weighted by atomic mass is 10.1. The maximum atomic E-state index is 13.9. The van der Waals surface area contributed by atoms with Gasteiger partial charge in [-0.1, -0.05) is 48.6 Å². The van der Waals surface area contributed by atoms with Gasteiger partial charge in [0.05, 0.1) is 11.1 Å². The number of fused-ring (bicyclic) bond motifs is 1. The number of carbonyl (C=O) groups excluding carboxylic acids is 1. The third-order valence-corrected chi connectivity index (χ3v) is 6.13. The summed E-state index contributed by atoms with van der Waals surface area (Å²) < 4.78 is 14.7. The van der Waals surface area contributed by atoms with Gasteiger partial charge in [-0.2, -0.15) is 0 Å². The van der Waals surface area contributed by atoms with Gasteiger partial charge in [0, 0.05) is 26.2 Å². The van der Waals surface area contributed by atoms with Crippen LogP contribution in [0.15, 0.2) is 42.5 Å². The number of amides is 1. The number of benzene rings is 2. The summed E-state index contributed by atoms with van der Waals surface area (Å²) in [4.78, 5) is 21.1. The Hall–Kier alpha value is -2.47. The van der Waals surface area contributed by atoms with Crippen molar-refractivity contribution in [3.05, 3.63) is 59.4 Å². The van der Waals surface area contributed by atoms with Gasteiger partial charge in [0.1, 0.15) is 11.3 Å². The van der Waals surface area contributed by atoms with E-state index in [4.69, 9.17) is 0 Å². The number of para-hydroxylation sites is 1. The Kier molecular flexibility index (Phi) is 5.07. The number of carbonyl (C=O) groups is 1. The lowest BCUT2D eigenvalue weighted by molar-refractivity contribution is -0.130. The Morgan fingerprint density at radius 3 is 2.44 bits per heavy atom. The Balaban J connectivity index is 1.37. The highest BCUT2D eigenvalue weighted by molar-refractivity contribution is 7.22. The maximum absolute atomic E-state index is 13.9. The van der Waals surface area contributed by atoms with E-state index >= 15 is 0 Å². The molecule has 2 aromatic carbocycles. The molecular weight excluding hydrogens is 361 g/mol. The fraction of sp³-hybridized carbons (Fsp3) is 0.333. The first kappa shape index (κ1) is 17.9. The standard InChI is InChI=1S/C21H22FN3OS/c1-2-15-6-8-16(9-7-15)14-19(26)24-10-12-25(13-11-24)21-23-20-17(22)4-3-5-18(20)27-21/h3-9H,2,10-14H2,1H3. The maximum Gasteiger partial charge on any atom is 0.227 e. The molecule has 3 aromatic rings. The molecule has 1 aliphatic rings. The quantitative estimate of drug-likeness (QED) is 0.686. The Labute approximate surface area is 162 Å². The number of aryl methyl sites for hydroxylation is 1. The lowest BCUT2D eigenvalue weighted by Crippen LogP contribution is -2.49. The van der Waals surface area contributed by atoms with Crippen LogP contribution in [0.3, 0.4) is 0 Å². The van der Waals surface area contributed by atoms with E-state index in [0.29, 0.717) is 25.0 Å². The minimum Gasteiger partial charge on any atom is -0.345 e. The molecule has 1 aromatic heterocycles. The third-order valence-electron chi connectivity index (χ3n) is 5.05. The molecule has 1 saturated heterocycles. The molecule has 0 atom stereocenters. The van der Waals surface area contributed by atoms with Gasteiger partial charge in [-0.15, -0.1) is 0 Å². The largest absolute Gasteiger partial charge is 0.345 e. The molecule has 0 radical (unpaired) electrons. The number of hydrogen-bond acceptors (Lipinski definition) is 4. The normalized spacial score (nSPS) is 14.7. The van der Waals surface area contributed by atoms with Gasteiger partial charge in [0.25, 0.3) is 0 Å². The van der Waals surface area contributed by atoms with Crippen LogP contribution in [0.5, 0.6) is 0 Å². The van der Waals surface area contributed by atoms with Crippen molar-refractivity contribution in [3.8, 4) is 0 Å². The van der Waals surface area contributed by atoms with Crippen LogP contribution in [0.2, 0.25) is 0 Å². The van der Waals surface area contributed by atoms with Gasteiger partial charge in [0.2, 0.25) is 5.91 Å². The highest BCUT2D eigenvalue weighted by Crippen LogP contribution is 2.30. The molecule has 0 saturated carbocycles. The highest BCUT2D eigenvalue weighted by atomic mass is 32.1. The Morgan fingerprint density at radius 2 is 1.78 bits per heavy atom. The lowest BCUT2D eigenvalue weighted by Gasteiger charge is -2.34. The second-order valence-corrected chi connectivity index (χ2v) is 7.81. The van der Waals surface area contributed by atoms with Crippen molar-refractivity contribution in [3.63, 3.8) is 0 Å². The molecule has 2 heterocycles. The van der Waals surface area contributed by atoms with Crippen molar-refractivity contribution in [2.24, 2.45) is 0 Å². The van der Waals surface area contributed by atoms with Crippen LogP contribution in [0.25, 0.3) is 10.2 Å². The van der Waals surface area contributed by atoms with E-state index in [1.165, 1.54) is 23.0 Å². The molecule has 4 rings (SSSR count). The molecule has 1 amide bonds. The van der Waals surface area contributed by atoms with Crippen LogP contribution in [-0.2, 0) is 17.6 Å². The molecule has 6 heteroatoms. The SMILES string of the molecule is CCc1ccc(CC(=O)N2CCN(c3nc4c(F)cccc4s3)CC2)cc1. The first-order valence-electron chi connectivity index (χ1n) is 9.29. The summed E-state index contributed by atoms with van der Waals surface area (Å²) >= 11 is 1.51. The third kappa shape index (κ3) is 3.81. The summed E-state index contributed by atoms with van der Waals surface area (Å²) in [7, 11) is 0. The molecule has 0 aliphatic carbocycles. The molecule has 140 valence electrons. The van der Waals surface area contributed by atoms with Crippen molar-refractivity contribution < 1.29 is 9.18 Å². The molecule has 27 heavy (non-hydrogen) atoms. The van der Waals surface area contributed by atoms with E-state index in [1.807, 2.05) is 23.1 Å². The predicted octanol–water partition coefficient (Wildman–Crippen LogP) is 3.89. The van der Waals surface area contributed by atoms with Gasteiger partial charge in [-0.3, -0.25) is 4.79 Å². The molecule has 0 bridgehead atoms. The average molecular weight is 383 g/mol. The van der Waals surface area contributed by atoms with Crippen LogP contribution in [0.1, 0.15) is 18.1 Å². The summed E-state index contributed by atoms with van der Waals surface area (Å²) in [5, 5.41) is 0.831. The fourth-order valence-electron chi connectivity index (χ4n) is 3.36. The summed E-state index contributed by atoms with van der Waals surface area (Å²) in [6.07, 6.45) is 1.45. The molecule has 1 aliphatic heterocycles. The predicted molar refractivity (Wildman–Crippen MR) is 108 cm³/mol. The van der Waals surface area contributed by atoms with E-state index in [0.717, 1.165) is 34.9 Å². The molecule has 0 spiro atoms. The average Bonchev–Trinajstić information content (AvgIpc) is 3.14. The minimum atomic E-state index is -0.280.